The lowest BCUT2D eigenvalue weighted by Crippen LogP contribution is -2.06. The minimum absolute atomic E-state index is 0.481. The van der Waals surface area contributed by atoms with E-state index in [1.54, 1.807) is 31.6 Å². The number of hydrogen-bond donors (Lipinski definition) is 1. The number of fused-ring (bicyclic) bond motifs is 1. The third-order valence-electron chi connectivity index (χ3n) is 3.32. The van der Waals surface area contributed by atoms with Crippen LogP contribution in [0.5, 0.6) is 5.75 Å². The number of nitrogens with zero attached hydrogens (tertiary/aromatic N) is 2. The lowest BCUT2D eigenvalue weighted by atomic mass is 10.0. The Morgan fingerprint density at radius 1 is 1.10 bits per heavy atom. The van der Waals surface area contributed by atoms with E-state index in [1.807, 2.05) is 24.3 Å². The second kappa shape index (κ2) is 5.79. The van der Waals surface area contributed by atoms with Crippen molar-refractivity contribution >= 4 is 26.8 Å². The minimum atomic E-state index is -0.897. The van der Waals surface area contributed by atoms with Gasteiger partial charge in [0.25, 0.3) is 0 Å². The van der Waals surface area contributed by atoms with Gasteiger partial charge in [-0.15, -0.1) is 0 Å². The standard InChI is InChI=1S/C16H13BrN2O2/c1-21-13-5-3-9-19-15(13)16(20)11-6-7-12(17)10-4-2-8-18-14(10)11/h2-9,16,20H,1H3. The molecule has 21 heavy (non-hydrogen) atoms. The van der Waals surface area contributed by atoms with Crippen molar-refractivity contribution in [1.82, 2.24) is 9.97 Å². The summed E-state index contributed by atoms with van der Waals surface area (Å²) in [5.74, 6) is 0.553. The van der Waals surface area contributed by atoms with Crippen molar-refractivity contribution in [2.75, 3.05) is 7.11 Å². The van der Waals surface area contributed by atoms with Crippen molar-refractivity contribution in [2.24, 2.45) is 0 Å². The van der Waals surface area contributed by atoms with E-state index in [4.69, 9.17) is 4.74 Å². The maximum absolute atomic E-state index is 10.7. The number of aromatic nitrogens is 2. The van der Waals surface area contributed by atoms with Gasteiger partial charge in [0.05, 0.1) is 12.6 Å². The Morgan fingerprint density at radius 3 is 2.67 bits per heavy atom. The first-order valence-electron chi connectivity index (χ1n) is 6.42. The lowest BCUT2D eigenvalue weighted by molar-refractivity contribution is 0.210. The molecule has 1 aromatic carbocycles. The monoisotopic (exact) mass is 344 g/mol. The molecule has 0 aliphatic carbocycles. The molecule has 4 nitrogen and oxygen atoms in total. The van der Waals surface area contributed by atoms with Gasteiger partial charge in [0, 0.05) is 27.8 Å². The van der Waals surface area contributed by atoms with E-state index in [0.29, 0.717) is 17.0 Å². The van der Waals surface area contributed by atoms with Gasteiger partial charge in [-0.3, -0.25) is 9.97 Å². The Morgan fingerprint density at radius 2 is 1.86 bits per heavy atom. The first-order chi connectivity index (χ1) is 10.2. The third-order valence-corrected chi connectivity index (χ3v) is 4.01. The molecule has 1 unspecified atom stereocenters. The number of aliphatic hydroxyl groups excluding tert-OH is 1. The smallest absolute Gasteiger partial charge is 0.143 e. The second-order valence-electron chi connectivity index (χ2n) is 4.53. The fraction of sp³-hybridized carbons (Fsp3) is 0.125. The van der Waals surface area contributed by atoms with Crippen molar-refractivity contribution in [3.8, 4) is 5.75 Å². The van der Waals surface area contributed by atoms with E-state index >= 15 is 0 Å². The molecule has 0 spiro atoms. The van der Waals surface area contributed by atoms with Crippen molar-refractivity contribution in [2.45, 2.75) is 6.10 Å². The Balaban J connectivity index is 2.18. The van der Waals surface area contributed by atoms with Crippen LogP contribution in [-0.4, -0.2) is 22.2 Å². The van der Waals surface area contributed by atoms with Crippen LogP contribution in [0.25, 0.3) is 10.9 Å². The zero-order valence-corrected chi connectivity index (χ0v) is 12.9. The highest BCUT2D eigenvalue weighted by Gasteiger charge is 2.20. The minimum Gasteiger partial charge on any atom is -0.495 e. The topological polar surface area (TPSA) is 55.2 Å². The summed E-state index contributed by atoms with van der Waals surface area (Å²) in [5.41, 5.74) is 1.92. The number of methoxy groups -OCH3 is 1. The molecular formula is C16H13BrN2O2. The SMILES string of the molecule is COc1cccnc1C(O)c1ccc(Br)c2cccnc12. The Labute approximate surface area is 130 Å². The maximum Gasteiger partial charge on any atom is 0.143 e. The Bertz CT molecular complexity index is 792. The molecule has 1 atom stereocenters. The van der Waals surface area contributed by atoms with E-state index in [2.05, 4.69) is 25.9 Å². The van der Waals surface area contributed by atoms with E-state index in [0.717, 1.165) is 15.4 Å². The predicted molar refractivity (Wildman–Crippen MR) is 84.3 cm³/mol. The average Bonchev–Trinajstić information content (AvgIpc) is 2.55. The summed E-state index contributed by atoms with van der Waals surface area (Å²) in [4.78, 5) is 8.63. The summed E-state index contributed by atoms with van der Waals surface area (Å²) < 4.78 is 6.21. The molecule has 0 amide bonds. The van der Waals surface area contributed by atoms with Crippen molar-refractivity contribution in [3.63, 3.8) is 0 Å². The van der Waals surface area contributed by atoms with Crippen molar-refractivity contribution in [3.05, 3.63) is 64.5 Å². The van der Waals surface area contributed by atoms with Crippen LogP contribution < -0.4 is 4.74 Å². The van der Waals surface area contributed by atoms with Crippen LogP contribution in [0.1, 0.15) is 17.4 Å². The van der Waals surface area contributed by atoms with Crippen LogP contribution in [0.3, 0.4) is 0 Å². The fourth-order valence-electron chi connectivity index (χ4n) is 2.31. The number of halogens is 1. The predicted octanol–water partition coefficient (Wildman–Crippen LogP) is 3.48. The highest BCUT2D eigenvalue weighted by atomic mass is 79.9. The molecule has 3 rings (SSSR count). The van der Waals surface area contributed by atoms with Crippen LogP contribution in [0, 0.1) is 0 Å². The normalized spacial score (nSPS) is 12.3. The van der Waals surface area contributed by atoms with Crippen LogP contribution in [-0.2, 0) is 0 Å². The molecule has 3 aromatic rings. The second-order valence-corrected chi connectivity index (χ2v) is 5.38. The summed E-state index contributed by atoms with van der Waals surface area (Å²) in [6, 6.07) is 11.1. The molecule has 0 aliphatic rings. The molecule has 2 heterocycles. The fourth-order valence-corrected chi connectivity index (χ4v) is 2.76. The van der Waals surface area contributed by atoms with E-state index in [-0.39, 0.29) is 0 Å². The van der Waals surface area contributed by atoms with Gasteiger partial charge in [-0.1, -0.05) is 28.1 Å². The first kappa shape index (κ1) is 14.0. The third kappa shape index (κ3) is 2.50. The molecular weight excluding hydrogens is 332 g/mol. The molecule has 0 saturated heterocycles. The van der Waals surface area contributed by atoms with Crippen molar-refractivity contribution in [1.29, 1.82) is 0 Å². The molecule has 106 valence electrons. The molecule has 0 saturated carbocycles. The van der Waals surface area contributed by atoms with Crippen LogP contribution >= 0.6 is 15.9 Å². The van der Waals surface area contributed by atoms with Gasteiger partial charge in [-0.25, -0.2) is 0 Å². The number of pyridine rings is 2. The molecule has 2 aromatic heterocycles. The summed E-state index contributed by atoms with van der Waals surface area (Å²) >= 11 is 3.50. The summed E-state index contributed by atoms with van der Waals surface area (Å²) in [6.07, 6.45) is 2.45. The number of aliphatic hydroxyl groups is 1. The Hall–Kier alpha value is -1.98. The molecule has 5 heteroatoms. The van der Waals surface area contributed by atoms with Gasteiger partial charge >= 0.3 is 0 Å². The van der Waals surface area contributed by atoms with Gasteiger partial charge in [0.1, 0.15) is 17.5 Å². The average molecular weight is 345 g/mol. The zero-order chi connectivity index (χ0) is 14.8. The zero-order valence-electron chi connectivity index (χ0n) is 11.3. The van der Waals surface area contributed by atoms with E-state index in [9.17, 15) is 5.11 Å². The van der Waals surface area contributed by atoms with Gasteiger partial charge in [0.2, 0.25) is 0 Å². The van der Waals surface area contributed by atoms with Gasteiger partial charge in [-0.05, 0) is 24.3 Å². The summed E-state index contributed by atoms with van der Waals surface area (Å²) in [7, 11) is 1.56. The maximum atomic E-state index is 10.7. The number of ether oxygens (including phenoxy) is 1. The highest BCUT2D eigenvalue weighted by Crippen LogP contribution is 2.33. The molecule has 0 radical (unpaired) electrons. The molecule has 0 fully saturated rings. The van der Waals surface area contributed by atoms with Crippen molar-refractivity contribution < 1.29 is 9.84 Å². The summed E-state index contributed by atoms with van der Waals surface area (Å²) in [6.45, 7) is 0. The van der Waals surface area contributed by atoms with Gasteiger partial charge in [0.15, 0.2) is 0 Å². The van der Waals surface area contributed by atoms with Crippen LogP contribution in [0.15, 0.2) is 53.3 Å². The van der Waals surface area contributed by atoms with E-state index in [1.165, 1.54) is 0 Å². The molecule has 1 N–H and O–H groups in total. The highest BCUT2D eigenvalue weighted by molar-refractivity contribution is 9.10. The van der Waals surface area contributed by atoms with Gasteiger partial charge < -0.3 is 9.84 Å². The quantitative estimate of drug-likeness (QED) is 0.790. The number of benzene rings is 1. The van der Waals surface area contributed by atoms with Crippen LogP contribution in [0.4, 0.5) is 0 Å². The molecule has 0 bridgehead atoms. The van der Waals surface area contributed by atoms with Gasteiger partial charge in [-0.2, -0.15) is 0 Å². The van der Waals surface area contributed by atoms with E-state index < -0.39 is 6.10 Å². The summed E-state index contributed by atoms with van der Waals surface area (Å²) in [5, 5.41) is 11.6. The largest absolute Gasteiger partial charge is 0.495 e. The number of hydrogen-bond acceptors (Lipinski definition) is 4. The molecule has 0 aliphatic heterocycles. The number of rotatable bonds is 3. The Kier molecular flexibility index (Phi) is 3.86. The van der Waals surface area contributed by atoms with Crippen LogP contribution in [0.2, 0.25) is 0 Å². The first-order valence-corrected chi connectivity index (χ1v) is 7.21. The lowest BCUT2D eigenvalue weighted by Gasteiger charge is -2.15.